The fraction of sp³-hybridized carbons (Fsp3) is 0.304. The highest BCUT2D eigenvalue weighted by Crippen LogP contribution is 2.18. The van der Waals surface area contributed by atoms with Crippen LogP contribution in [-0.4, -0.2) is 36.3 Å². The van der Waals surface area contributed by atoms with Crippen molar-refractivity contribution in [3.8, 4) is 11.4 Å². The maximum Gasteiger partial charge on any atom is 0.275 e. The third-order valence-corrected chi connectivity index (χ3v) is 5.44. The summed E-state index contributed by atoms with van der Waals surface area (Å²) in [6.07, 6.45) is 1.58. The first-order valence-electron chi connectivity index (χ1n) is 10.2. The summed E-state index contributed by atoms with van der Waals surface area (Å²) in [7, 11) is 0. The Morgan fingerprint density at radius 2 is 1.87 bits per heavy atom. The maximum absolute atomic E-state index is 12.8. The zero-order chi connectivity index (χ0) is 22.3. The molecule has 3 heterocycles. The minimum atomic E-state index is -0.294. The number of nitrogens with one attached hydrogen (secondary N) is 2. The van der Waals surface area contributed by atoms with Gasteiger partial charge in [-0.2, -0.15) is 5.10 Å². The average molecular weight is 419 g/mol. The third-order valence-electron chi connectivity index (χ3n) is 5.44. The normalized spacial score (nSPS) is 12.3. The van der Waals surface area contributed by atoms with E-state index in [1.807, 2.05) is 63.6 Å². The smallest absolute Gasteiger partial charge is 0.275 e. The number of benzene rings is 1. The van der Waals surface area contributed by atoms with Crippen molar-refractivity contribution in [2.45, 2.75) is 47.2 Å². The quantitative estimate of drug-likeness (QED) is 0.521. The van der Waals surface area contributed by atoms with Gasteiger partial charge in [-0.3, -0.25) is 14.3 Å². The molecule has 1 aromatic carbocycles. The van der Waals surface area contributed by atoms with E-state index >= 15 is 0 Å². The van der Waals surface area contributed by atoms with Crippen LogP contribution in [0.2, 0.25) is 0 Å². The van der Waals surface area contributed by atoms with Crippen LogP contribution in [0.25, 0.3) is 16.9 Å². The number of carbonyl (C=O) groups is 1. The molecular formula is C23H26N6O2. The molecule has 1 atom stereocenters. The number of hydrogen-bond acceptors (Lipinski definition) is 4. The van der Waals surface area contributed by atoms with E-state index in [9.17, 15) is 9.59 Å². The molecule has 0 spiro atoms. The number of aromatic amines is 1. The van der Waals surface area contributed by atoms with Crippen molar-refractivity contribution in [3.63, 3.8) is 0 Å². The van der Waals surface area contributed by atoms with E-state index < -0.39 is 0 Å². The van der Waals surface area contributed by atoms with Gasteiger partial charge in [0.05, 0.1) is 17.8 Å². The second kappa shape index (κ2) is 7.86. The van der Waals surface area contributed by atoms with Crippen LogP contribution < -0.4 is 10.9 Å². The number of rotatable bonds is 5. The summed E-state index contributed by atoms with van der Waals surface area (Å²) < 4.78 is 3.34. The van der Waals surface area contributed by atoms with Crippen molar-refractivity contribution in [3.05, 3.63) is 75.0 Å². The fourth-order valence-corrected chi connectivity index (χ4v) is 3.62. The van der Waals surface area contributed by atoms with Crippen LogP contribution in [0.4, 0.5) is 0 Å². The number of aryl methyl sites for hydroxylation is 4. The first-order valence-corrected chi connectivity index (χ1v) is 10.2. The first-order chi connectivity index (χ1) is 14.7. The van der Waals surface area contributed by atoms with Gasteiger partial charge in [0.25, 0.3) is 11.5 Å². The molecule has 3 aromatic heterocycles. The molecule has 160 valence electrons. The molecular weight excluding hydrogens is 392 g/mol. The van der Waals surface area contributed by atoms with Gasteiger partial charge < -0.3 is 10.3 Å². The van der Waals surface area contributed by atoms with E-state index in [-0.39, 0.29) is 17.5 Å². The zero-order valence-electron chi connectivity index (χ0n) is 18.4. The Hall–Kier alpha value is -3.68. The van der Waals surface area contributed by atoms with Crippen molar-refractivity contribution >= 4 is 11.4 Å². The summed E-state index contributed by atoms with van der Waals surface area (Å²) >= 11 is 0. The lowest BCUT2D eigenvalue weighted by Crippen LogP contribution is -2.36. The number of H-pyrrole nitrogens is 1. The average Bonchev–Trinajstić information content (AvgIpc) is 3.27. The summed E-state index contributed by atoms with van der Waals surface area (Å²) in [5.41, 5.74) is 5.51. The number of fused-ring (bicyclic) bond motifs is 1. The molecule has 0 radical (unpaired) electrons. The van der Waals surface area contributed by atoms with Gasteiger partial charge in [-0.15, -0.1) is 5.10 Å². The summed E-state index contributed by atoms with van der Waals surface area (Å²) in [6.45, 7) is 10.5. The van der Waals surface area contributed by atoms with E-state index in [1.165, 1.54) is 10.1 Å². The van der Waals surface area contributed by atoms with Crippen LogP contribution in [-0.2, 0) is 6.54 Å². The predicted molar refractivity (Wildman–Crippen MR) is 119 cm³/mol. The predicted octanol–water partition coefficient (Wildman–Crippen LogP) is 2.94. The number of aromatic nitrogens is 5. The lowest BCUT2D eigenvalue weighted by atomic mass is 10.1. The standard InChI is InChI=1S/C23H26N6O2/c1-13-6-7-18(8-14(13)2)21-25-23(31)20-10-19(12-29(20)27-21)22(30)24-16(4)11-28-17(5)9-15(3)26-28/h6-10,12,16H,11H2,1-5H3,(H,24,30)(H,25,27,31). The maximum atomic E-state index is 12.8. The van der Waals surface area contributed by atoms with Crippen molar-refractivity contribution < 1.29 is 4.79 Å². The van der Waals surface area contributed by atoms with Crippen LogP contribution in [0, 0.1) is 27.7 Å². The summed E-state index contributed by atoms with van der Waals surface area (Å²) in [6, 6.07) is 9.32. The van der Waals surface area contributed by atoms with Gasteiger partial charge in [0.2, 0.25) is 0 Å². The van der Waals surface area contributed by atoms with Crippen molar-refractivity contribution in [1.82, 2.24) is 29.7 Å². The summed E-state index contributed by atoms with van der Waals surface area (Å²) in [5, 5.41) is 11.9. The molecule has 0 saturated heterocycles. The van der Waals surface area contributed by atoms with E-state index in [0.29, 0.717) is 23.4 Å². The van der Waals surface area contributed by atoms with Gasteiger partial charge in [-0.1, -0.05) is 12.1 Å². The summed E-state index contributed by atoms with van der Waals surface area (Å²) in [5.74, 6) is 0.202. The van der Waals surface area contributed by atoms with Gasteiger partial charge >= 0.3 is 0 Å². The lowest BCUT2D eigenvalue weighted by molar-refractivity contribution is 0.0936. The fourth-order valence-electron chi connectivity index (χ4n) is 3.62. The number of hydrogen-bond donors (Lipinski definition) is 2. The van der Waals surface area contributed by atoms with Crippen LogP contribution in [0.15, 0.2) is 41.3 Å². The molecule has 0 aliphatic carbocycles. The minimum absolute atomic E-state index is 0.133. The van der Waals surface area contributed by atoms with Crippen LogP contribution >= 0.6 is 0 Å². The molecule has 0 fully saturated rings. The van der Waals surface area contributed by atoms with Crippen LogP contribution in [0.3, 0.4) is 0 Å². The zero-order valence-corrected chi connectivity index (χ0v) is 18.4. The highest BCUT2D eigenvalue weighted by atomic mass is 16.2. The molecule has 4 rings (SSSR count). The molecule has 0 saturated carbocycles. The van der Waals surface area contributed by atoms with Gasteiger partial charge in [0.1, 0.15) is 5.52 Å². The first kappa shape index (κ1) is 20.6. The lowest BCUT2D eigenvalue weighted by Gasteiger charge is -2.14. The number of amides is 1. The Morgan fingerprint density at radius 1 is 1.10 bits per heavy atom. The molecule has 1 amide bonds. The Bertz CT molecular complexity index is 1340. The van der Waals surface area contributed by atoms with Crippen molar-refractivity contribution in [1.29, 1.82) is 0 Å². The van der Waals surface area contributed by atoms with Crippen molar-refractivity contribution in [2.75, 3.05) is 0 Å². The Kier molecular flexibility index (Phi) is 5.22. The largest absolute Gasteiger partial charge is 0.348 e. The van der Waals surface area contributed by atoms with Crippen LogP contribution in [0.5, 0.6) is 0 Å². The minimum Gasteiger partial charge on any atom is -0.348 e. The van der Waals surface area contributed by atoms with Crippen LogP contribution in [0.1, 0.15) is 39.8 Å². The molecule has 2 N–H and O–H groups in total. The van der Waals surface area contributed by atoms with Crippen molar-refractivity contribution in [2.24, 2.45) is 0 Å². The molecule has 8 heteroatoms. The number of carbonyl (C=O) groups excluding carboxylic acids is 1. The van der Waals surface area contributed by atoms with E-state index in [1.54, 1.807) is 12.3 Å². The second-order valence-corrected chi connectivity index (χ2v) is 8.14. The highest BCUT2D eigenvalue weighted by molar-refractivity contribution is 5.95. The molecule has 0 aliphatic rings. The number of nitrogens with zero attached hydrogens (tertiary/aromatic N) is 4. The summed E-state index contributed by atoms with van der Waals surface area (Å²) in [4.78, 5) is 28.2. The molecule has 1 unspecified atom stereocenters. The Morgan fingerprint density at radius 3 is 2.55 bits per heavy atom. The Labute approximate surface area is 179 Å². The highest BCUT2D eigenvalue weighted by Gasteiger charge is 2.16. The van der Waals surface area contributed by atoms with Gasteiger partial charge in [-0.05, 0) is 63.9 Å². The molecule has 0 aliphatic heterocycles. The Balaban J connectivity index is 1.57. The molecule has 0 bridgehead atoms. The topological polar surface area (TPSA) is 97.1 Å². The van der Waals surface area contributed by atoms with E-state index in [2.05, 4.69) is 20.5 Å². The SMILES string of the molecule is Cc1cc(C)n(CC(C)NC(=O)c2cc3c(=O)[nH]c(-c4ccc(C)c(C)c4)nn3c2)n1. The van der Waals surface area contributed by atoms with Gasteiger partial charge in [-0.25, -0.2) is 4.52 Å². The molecule has 8 nitrogen and oxygen atoms in total. The van der Waals surface area contributed by atoms with E-state index in [4.69, 9.17) is 0 Å². The van der Waals surface area contributed by atoms with Gasteiger partial charge in [0, 0.05) is 23.5 Å². The van der Waals surface area contributed by atoms with Gasteiger partial charge in [0.15, 0.2) is 5.82 Å². The molecule has 4 aromatic rings. The molecule has 31 heavy (non-hydrogen) atoms. The monoisotopic (exact) mass is 418 g/mol. The second-order valence-electron chi connectivity index (χ2n) is 8.14. The third kappa shape index (κ3) is 4.14. The van der Waals surface area contributed by atoms with E-state index in [0.717, 1.165) is 22.5 Å².